The molecule has 0 aromatic carbocycles. The lowest BCUT2D eigenvalue weighted by atomic mass is 10.3. The molecule has 0 atom stereocenters. The van der Waals surface area contributed by atoms with E-state index in [2.05, 4.69) is 0 Å². The number of carbonyl (C=O) groups is 1. The smallest absolute Gasteiger partial charge is 0.152 e. The van der Waals surface area contributed by atoms with Gasteiger partial charge in [-0.2, -0.15) is 0 Å². The number of hydrogen-bond donors (Lipinski definition) is 0. The maximum atomic E-state index is 10.2. The molecule has 0 aromatic heterocycles. The van der Waals surface area contributed by atoms with Crippen LogP contribution in [-0.4, -0.2) is 11.3 Å². The van der Waals surface area contributed by atoms with Gasteiger partial charge in [0.1, 0.15) is 0 Å². The number of allylic oxidation sites excluding steroid dienone is 2. The largest absolute Gasteiger partial charge is 0.412 e. The highest BCUT2D eigenvalue weighted by molar-refractivity contribution is 5.87. The summed E-state index contributed by atoms with van der Waals surface area (Å²) in [6.07, 6.45) is 1.61. The standard InChI is InChI=1S/C6H10O.H2O/c1-5(2)4-6(3)7;/h4H,1-3H3;1H2. The van der Waals surface area contributed by atoms with Gasteiger partial charge in [-0.1, -0.05) is 5.57 Å². The van der Waals surface area contributed by atoms with Crippen molar-refractivity contribution in [2.45, 2.75) is 20.8 Å². The van der Waals surface area contributed by atoms with Crippen LogP contribution in [0.5, 0.6) is 0 Å². The predicted molar refractivity (Wildman–Crippen MR) is 33.7 cm³/mol. The lowest BCUT2D eigenvalue weighted by Crippen LogP contribution is -1.80. The van der Waals surface area contributed by atoms with Gasteiger partial charge in [0.15, 0.2) is 5.78 Å². The van der Waals surface area contributed by atoms with Crippen LogP contribution in [0.25, 0.3) is 0 Å². The van der Waals surface area contributed by atoms with E-state index in [0.29, 0.717) is 0 Å². The minimum atomic E-state index is 0. The Morgan fingerprint density at radius 3 is 1.62 bits per heavy atom. The first-order valence-corrected chi connectivity index (χ1v) is 2.28. The van der Waals surface area contributed by atoms with Crippen LogP contribution in [0.2, 0.25) is 0 Å². The number of rotatable bonds is 1. The van der Waals surface area contributed by atoms with Gasteiger partial charge in [0.05, 0.1) is 0 Å². The van der Waals surface area contributed by atoms with E-state index in [-0.39, 0.29) is 11.3 Å². The van der Waals surface area contributed by atoms with E-state index in [4.69, 9.17) is 0 Å². The Hall–Kier alpha value is -0.630. The molecule has 0 unspecified atom stereocenters. The number of hydrogen-bond acceptors (Lipinski definition) is 1. The maximum absolute atomic E-state index is 10.2. The summed E-state index contributed by atoms with van der Waals surface area (Å²) >= 11 is 0. The SMILES string of the molecule is CC(=O)C=C(C)C.O. The molecule has 48 valence electrons. The van der Waals surface area contributed by atoms with Crippen molar-refractivity contribution in [2.75, 3.05) is 0 Å². The fourth-order valence-corrected chi connectivity index (χ4v) is 0.407. The van der Waals surface area contributed by atoms with E-state index in [1.54, 1.807) is 13.0 Å². The van der Waals surface area contributed by atoms with Crippen molar-refractivity contribution in [3.05, 3.63) is 11.6 Å². The first-order chi connectivity index (χ1) is 3.13. The molecule has 2 nitrogen and oxygen atoms in total. The van der Waals surface area contributed by atoms with Crippen LogP contribution in [0, 0.1) is 0 Å². The first kappa shape index (κ1) is 10.4. The van der Waals surface area contributed by atoms with Crippen LogP contribution < -0.4 is 0 Å². The lowest BCUT2D eigenvalue weighted by molar-refractivity contribution is -0.112. The Bertz CT molecular complexity index is 99.1. The third kappa shape index (κ3) is 9.03. The Labute approximate surface area is 49.5 Å². The summed E-state index contributed by atoms with van der Waals surface area (Å²) in [5, 5.41) is 0. The molecule has 0 bridgehead atoms. The molecule has 0 saturated heterocycles. The second-order valence-electron chi connectivity index (χ2n) is 1.83. The fourth-order valence-electron chi connectivity index (χ4n) is 0.407. The molecule has 0 aromatic rings. The van der Waals surface area contributed by atoms with Crippen LogP contribution in [0.15, 0.2) is 11.6 Å². The normalized spacial score (nSPS) is 6.88. The number of carbonyl (C=O) groups excluding carboxylic acids is 1. The summed E-state index contributed by atoms with van der Waals surface area (Å²) in [7, 11) is 0. The van der Waals surface area contributed by atoms with Gasteiger partial charge in [0.25, 0.3) is 0 Å². The van der Waals surface area contributed by atoms with E-state index in [1.165, 1.54) is 0 Å². The monoisotopic (exact) mass is 116 g/mol. The van der Waals surface area contributed by atoms with Gasteiger partial charge in [-0.15, -0.1) is 0 Å². The molecular weight excluding hydrogens is 104 g/mol. The zero-order valence-electron chi connectivity index (χ0n) is 5.49. The molecular formula is C6H12O2. The average molecular weight is 116 g/mol. The molecule has 0 amide bonds. The highest BCUT2D eigenvalue weighted by Crippen LogP contribution is 1.86. The summed E-state index contributed by atoms with van der Waals surface area (Å²) in [6.45, 7) is 5.36. The highest BCUT2D eigenvalue weighted by Gasteiger charge is 1.80. The molecule has 0 heterocycles. The lowest BCUT2D eigenvalue weighted by Gasteiger charge is -1.80. The van der Waals surface area contributed by atoms with Crippen molar-refractivity contribution in [1.82, 2.24) is 0 Å². The van der Waals surface area contributed by atoms with E-state index >= 15 is 0 Å². The molecule has 0 aliphatic rings. The summed E-state index contributed by atoms with van der Waals surface area (Å²) < 4.78 is 0. The van der Waals surface area contributed by atoms with Crippen molar-refractivity contribution in [3.63, 3.8) is 0 Å². The fraction of sp³-hybridized carbons (Fsp3) is 0.500. The second kappa shape index (κ2) is 4.53. The van der Waals surface area contributed by atoms with Crippen molar-refractivity contribution in [1.29, 1.82) is 0 Å². The van der Waals surface area contributed by atoms with Crippen molar-refractivity contribution in [2.24, 2.45) is 0 Å². The maximum Gasteiger partial charge on any atom is 0.152 e. The summed E-state index contributed by atoms with van der Waals surface area (Å²) in [5.74, 6) is 0.125. The van der Waals surface area contributed by atoms with Crippen LogP contribution >= 0.6 is 0 Å². The third-order valence-electron chi connectivity index (χ3n) is 0.492. The van der Waals surface area contributed by atoms with Gasteiger partial charge in [0, 0.05) is 0 Å². The molecule has 0 spiro atoms. The molecule has 2 heteroatoms. The zero-order chi connectivity index (χ0) is 5.86. The topological polar surface area (TPSA) is 48.6 Å². The Kier molecular flexibility index (Phi) is 5.87. The molecule has 0 radical (unpaired) electrons. The van der Waals surface area contributed by atoms with E-state index < -0.39 is 0 Å². The van der Waals surface area contributed by atoms with Gasteiger partial charge in [-0.3, -0.25) is 4.79 Å². The van der Waals surface area contributed by atoms with Gasteiger partial charge < -0.3 is 5.48 Å². The molecule has 0 aliphatic heterocycles. The van der Waals surface area contributed by atoms with Crippen LogP contribution in [0.4, 0.5) is 0 Å². The molecule has 2 N–H and O–H groups in total. The Morgan fingerprint density at radius 1 is 1.25 bits per heavy atom. The summed E-state index contributed by atoms with van der Waals surface area (Å²) in [5.41, 5.74) is 1.06. The minimum absolute atomic E-state index is 0. The van der Waals surface area contributed by atoms with Crippen molar-refractivity contribution in [3.8, 4) is 0 Å². The van der Waals surface area contributed by atoms with Gasteiger partial charge in [0.2, 0.25) is 0 Å². The number of ketones is 1. The average Bonchev–Trinajstić information content (AvgIpc) is 1.27. The quantitative estimate of drug-likeness (QED) is 0.465. The summed E-state index contributed by atoms with van der Waals surface area (Å²) in [6, 6.07) is 0. The van der Waals surface area contributed by atoms with Gasteiger partial charge in [-0.25, -0.2) is 0 Å². The molecule has 0 saturated carbocycles. The van der Waals surface area contributed by atoms with Crippen molar-refractivity contribution >= 4 is 5.78 Å². The second-order valence-corrected chi connectivity index (χ2v) is 1.83. The highest BCUT2D eigenvalue weighted by atomic mass is 16.1. The third-order valence-corrected chi connectivity index (χ3v) is 0.492. The van der Waals surface area contributed by atoms with Crippen molar-refractivity contribution < 1.29 is 10.3 Å². The molecule has 0 fully saturated rings. The van der Waals surface area contributed by atoms with Crippen LogP contribution in [0.1, 0.15) is 20.8 Å². The molecule has 8 heavy (non-hydrogen) atoms. The van der Waals surface area contributed by atoms with E-state index in [1.807, 2.05) is 13.8 Å². The van der Waals surface area contributed by atoms with E-state index in [0.717, 1.165) is 5.57 Å². The predicted octanol–water partition coefficient (Wildman–Crippen LogP) is 0.717. The Morgan fingerprint density at radius 2 is 1.62 bits per heavy atom. The molecule has 0 rings (SSSR count). The Balaban J connectivity index is 0. The van der Waals surface area contributed by atoms with Gasteiger partial charge in [-0.05, 0) is 26.8 Å². The van der Waals surface area contributed by atoms with Crippen LogP contribution in [-0.2, 0) is 4.79 Å². The van der Waals surface area contributed by atoms with Gasteiger partial charge >= 0.3 is 0 Å². The zero-order valence-corrected chi connectivity index (χ0v) is 5.49. The minimum Gasteiger partial charge on any atom is -0.412 e. The first-order valence-electron chi connectivity index (χ1n) is 2.28. The molecule has 0 aliphatic carbocycles. The van der Waals surface area contributed by atoms with E-state index in [9.17, 15) is 4.79 Å². The summed E-state index contributed by atoms with van der Waals surface area (Å²) in [4.78, 5) is 10.2. The van der Waals surface area contributed by atoms with Crippen LogP contribution in [0.3, 0.4) is 0 Å².